The third kappa shape index (κ3) is 4.32. The molecule has 3 heteroatoms. The third-order valence-corrected chi connectivity index (χ3v) is 5.41. The molecule has 1 aliphatic rings. The number of carboxylic acid groups (broad SMARTS) is 1. The Bertz CT molecular complexity index is 476. The molecule has 0 spiro atoms. The first-order valence-corrected chi connectivity index (χ1v) is 8.83. The number of unbranched alkanes of at least 4 members (excludes halogenated alkanes) is 1. The molecule has 0 aromatic heterocycles. The van der Waals surface area contributed by atoms with Crippen LogP contribution in [-0.4, -0.2) is 11.1 Å². The first-order chi connectivity index (χ1) is 10.1. The minimum Gasteiger partial charge on any atom is -0.481 e. The number of hydrogen-bond acceptors (Lipinski definition) is 1. The van der Waals surface area contributed by atoms with Crippen LogP contribution in [0.2, 0.25) is 0 Å². The molecule has 0 unspecified atom stereocenters. The van der Waals surface area contributed by atoms with E-state index < -0.39 is 11.4 Å². The zero-order valence-electron chi connectivity index (χ0n) is 12.8. The average Bonchev–Trinajstić information content (AvgIpc) is 2.46. The van der Waals surface area contributed by atoms with Gasteiger partial charge in [-0.25, -0.2) is 0 Å². The summed E-state index contributed by atoms with van der Waals surface area (Å²) in [5, 5.41) is 9.77. The van der Waals surface area contributed by atoms with Gasteiger partial charge in [-0.1, -0.05) is 54.2 Å². The second-order valence-corrected chi connectivity index (χ2v) is 7.39. The molecule has 1 aliphatic carbocycles. The van der Waals surface area contributed by atoms with E-state index in [-0.39, 0.29) is 0 Å². The first kappa shape index (κ1) is 16.5. The van der Waals surface area contributed by atoms with Crippen molar-refractivity contribution < 1.29 is 9.90 Å². The van der Waals surface area contributed by atoms with Crippen molar-refractivity contribution in [1.29, 1.82) is 0 Å². The Morgan fingerprint density at radius 2 is 2.10 bits per heavy atom. The molecule has 0 saturated heterocycles. The van der Waals surface area contributed by atoms with E-state index in [1.54, 1.807) is 0 Å². The summed E-state index contributed by atoms with van der Waals surface area (Å²) in [5.41, 5.74) is 0.572. The number of benzene rings is 1. The smallest absolute Gasteiger partial charge is 0.309 e. The lowest BCUT2D eigenvalue weighted by atomic mass is 9.66. The fourth-order valence-corrected chi connectivity index (χ4v) is 3.96. The molecule has 0 radical (unpaired) electrons. The van der Waals surface area contributed by atoms with Gasteiger partial charge < -0.3 is 5.11 Å². The van der Waals surface area contributed by atoms with E-state index in [9.17, 15) is 9.90 Å². The van der Waals surface area contributed by atoms with Gasteiger partial charge in [0, 0.05) is 4.47 Å². The van der Waals surface area contributed by atoms with Crippen molar-refractivity contribution in [2.24, 2.45) is 11.3 Å². The quantitative estimate of drug-likeness (QED) is 0.739. The van der Waals surface area contributed by atoms with Crippen LogP contribution in [0.3, 0.4) is 0 Å². The second-order valence-electron chi connectivity index (χ2n) is 6.48. The number of carboxylic acids is 1. The molecule has 1 aromatic carbocycles. The minimum atomic E-state index is -0.614. The van der Waals surface area contributed by atoms with E-state index in [1.165, 1.54) is 19.3 Å². The Balaban J connectivity index is 2.04. The number of aliphatic carboxylic acids is 1. The Kier molecular flexibility index (Phi) is 5.86. The molecular formula is C18H25BrO2. The summed E-state index contributed by atoms with van der Waals surface area (Å²) in [6, 6.07) is 8.06. The first-order valence-electron chi connectivity index (χ1n) is 8.03. The van der Waals surface area contributed by atoms with Crippen LogP contribution in [0.15, 0.2) is 28.7 Å². The van der Waals surface area contributed by atoms with Crippen LogP contribution in [0.25, 0.3) is 0 Å². The van der Waals surface area contributed by atoms with Crippen LogP contribution in [0.4, 0.5) is 0 Å². The van der Waals surface area contributed by atoms with Crippen molar-refractivity contribution in [1.82, 2.24) is 0 Å². The standard InChI is InChI=1S/C18H25BrO2/c1-2-3-5-14-8-10-18(11-9-14,17(20)21)13-15-6-4-7-16(19)12-15/h4,6-7,12,14H,2-3,5,8-11,13H2,1H3,(H,20,21). The minimum absolute atomic E-state index is 0.552. The Morgan fingerprint density at radius 1 is 1.38 bits per heavy atom. The summed E-state index contributed by atoms with van der Waals surface area (Å²) in [6.07, 6.45) is 8.22. The molecular weight excluding hydrogens is 328 g/mol. The van der Waals surface area contributed by atoms with Crippen molar-refractivity contribution >= 4 is 21.9 Å². The maximum absolute atomic E-state index is 11.9. The Hall–Kier alpha value is -0.830. The molecule has 21 heavy (non-hydrogen) atoms. The van der Waals surface area contributed by atoms with E-state index in [1.807, 2.05) is 24.3 Å². The van der Waals surface area contributed by atoms with Gasteiger partial charge in [0.05, 0.1) is 5.41 Å². The summed E-state index contributed by atoms with van der Waals surface area (Å²) < 4.78 is 1.03. The van der Waals surface area contributed by atoms with Crippen LogP contribution in [0.5, 0.6) is 0 Å². The van der Waals surface area contributed by atoms with E-state index in [2.05, 4.69) is 22.9 Å². The molecule has 2 nitrogen and oxygen atoms in total. The molecule has 0 bridgehead atoms. The van der Waals surface area contributed by atoms with Gasteiger partial charge in [-0.05, 0) is 55.7 Å². The zero-order valence-corrected chi connectivity index (χ0v) is 14.4. The van der Waals surface area contributed by atoms with Crippen LogP contribution in [0.1, 0.15) is 57.4 Å². The molecule has 1 aromatic rings. The molecule has 1 fully saturated rings. The van der Waals surface area contributed by atoms with Gasteiger partial charge >= 0.3 is 5.97 Å². The Morgan fingerprint density at radius 3 is 2.67 bits per heavy atom. The molecule has 0 aliphatic heterocycles. The largest absolute Gasteiger partial charge is 0.481 e. The highest BCUT2D eigenvalue weighted by Gasteiger charge is 2.41. The molecule has 1 saturated carbocycles. The van der Waals surface area contributed by atoms with Gasteiger partial charge in [0.15, 0.2) is 0 Å². The zero-order chi connectivity index (χ0) is 15.3. The Labute approximate surface area is 136 Å². The monoisotopic (exact) mass is 352 g/mol. The number of rotatable bonds is 6. The summed E-state index contributed by atoms with van der Waals surface area (Å²) in [7, 11) is 0. The predicted octanol–water partition coefficient (Wildman–Crippen LogP) is 5.44. The van der Waals surface area contributed by atoms with Gasteiger partial charge in [-0.15, -0.1) is 0 Å². The SMILES string of the molecule is CCCCC1CCC(Cc2cccc(Br)c2)(C(=O)O)CC1. The fraction of sp³-hybridized carbons (Fsp3) is 0.611. The van der Waals surface area contributed by atoms with E-state index >= 15 is 0 Å². The van der Waals surface area contributed by atoms with Crippen LogP contribution >= 0.6 is 15.9 Å². The highest BCUT2D eigenvalue weighted by atomic mass is 79.9. The normalized spacial score (nSPS) is 25.7. The van der Waals surface area contributed by atoms with Gasteiger partial charge in [0.2, 0.25) is 0 Å². The van der Waals surface area contributed by atoms with Gasteiger partial charge in [-0.2, -0.15) is 0 Å². The number of hydrogen-bond donors (Lipinski definition) is 1. The van der Waals surface area contributed by atoms with Crippen molar-refractivity contribution in [3.8, 4) is 0 Å². The summed E-state index contributed by atoms with van der Waals surface area (Å²) in [4.78, 5) is 11.9. The third-order valence-electron chi connectivity index (χ3n) is 4.91. The molecule has 0 heterocycles. The van der Waals surface area contributed by atoms with Gasteiger partial charge in [-0.3, -0.25) is 4.79 Å². The molecule has 2 rings (SSSR count). The highest BCUT2D eigenvalue weighted by Crippen LogP contribution is 2.43. The predicted molar refractivity (Wildman–Crippen MR) is 89.4 cm³/mol. The fourth-order valence-electron chi connectivity index (χ4n) is 3.52. The summed E-state index contributed by atoms with van der Waals surface area (Å²) in [5.74, 6) is 0.122. The molecule has 116 valence electrons. The van der Waals surface area contributed by atoms with Crippen LogP contribution < -0.4 is 0 Å². The lowest BCUT2D eigenvalue weighted by Crippen LogP contribution is -2.37. The van der Waals surface area contributed by atoms with E-state index in [0.29, 0.717) is 6.42 Å². The molecule has 0 atom stereocenters. The lowest BCUT2D eigenvalue weighted by Gasteiger charge is -2.37. The van der Waals surface area contributed by atoms with Crippen molar-refractivity contribution in [3.63, 3.8) is 0 Å². The van der Waals surface area contributed by atoms with E-state index in [0.717, 1.165) is 41.6 Å². The van der Waals surface area contributed by atoms with Crippen LogP contribution in [-0.2, 0) is 11.2 Å². The lowest BCUT2D eigenvalue weighted by molar-refractivity contribution is -0.151. The molecule has 1 N–H and O–H groups in total. The number of carbonyl (C=O) groups is 1. The van der Waals surface area contributed by atoms with Gasteiger partial charge in [0.25, 0.3) is 0 Å². The average molecular weight is 353 g/mol. The second kappa shape index (κ2) is 7.44. The highest BCUT2D eigenvalue weighted by molar-refractivity contribution is 9.10. The summed E-state index contributed by atoms with van der Waals surface area (Å²) >= 11 is 3.47. The van der Waals surface area contributed by atoms with Gasteiger partial charge in [0.1, 0.15) is 0 Å². The summed E-state index contributed by atoms with van der Waals surface area (Å²) in [6.45, 7) is 2.22. The molecule has 0 amide bonds. The van der Waals surface area contributed by atoms with Crippen LogP contribution in [0, 0.1) is 11.3 Å². The topological polar surface area (TPSA) is 37.3 Å². The maximum atomic E-state index is 11.9. The van der Waals surface area contributed by atoms with E-state index in [4.69, 9.17) is 0 Å². The van der Waals surface area contributed by atoms with Crippen molar-refractivity contribution in [3.05, 3.63) is 34.3 Å². The van der Waals surface area contributed by atoms with Crippen molar-refractivity contribution in [2.75, 3.05) is 0 Å². The van der Waals surface area contributed by atoms with Crippen molar-refractivity contribution in [2.45, 2.75) is 58.3 Å². The number of halogens is 1. The maximum Gasteiger partial charge on any atom is 0.309 e.